The largest absolute Gasteiger partial charge is 0.416 e. The number of aliphatic hydroxyl groups excluding tert-OH is 1. The highest BCUT2D eigenvalue weighted by Crippen LogP contribution is 2.31. The van der Waals surface area contributed by atoms with E-state index in [-0.39, 0.29) is 13.2 Å². The summed E-state index contributed by atoms with van der Waals surface area (Å²) in [5.74, 6) is 0.561. The lowest BCUT2D eigenvalue weighted by molar-refractivity contribution is -0.138. The number of anilines is 1. The molecule has 0 amide bonds. The van der Waals surface area contributed by atoms with Gasteiger partial charge in [-0.2, -0.15) is 13.2 Å². The first-order valence-corrected chi connectivity index (χ1v) is 11.4. The lowest BCUT2D eigenvalue weighted by Crippen LogP contribution is -2.46. The summed E-state index contributed by atoms with van der Waals surface area (Å²) >= 11 is 0. The van der Waals surface area contributed by atoms with E-state index in [0.29, 0.717) is 42.2 Å². The number of rotatable bonds is 7. The van der Waals surface area contributed by atoms with Crippen molar-refractivity contribution in [2.75, 3.05) is 25.0 Å². The molecule has 0 bridgehead atoms. The molecule has 0 saturated carbocycles. The quantitative estimate of drug-likeness (QED) is 0.400. The molecule has 36 heavy (non-hydrogen) atoms. The van der Waals surface area contributed by atoms with Gasteiger partial charge in [-0.3, -0.25) is 14.5 Å². The van der Waals surface area contributed by atoms with Gasteiger partial charge in [-0.1, -0.05) is 18.2 Å². The summed E-state index contributed by atoms with van der Waals surface area (Å²) in [5.41, 5.74) is 1.98. The first-order chi connectivity index (χ1) is 17.4. The molecule has 5 rings (SSSR count). The van der Waals surface area contributed by atoms with Crippen LogP contribution >= 0.6 is 0 Å². The molecular weight excluding hydrogens is 475 g/mol. The van der Waals surface area contributed by atoms with E-state index < -0.39 is 24.1 Å². The molecule has 4 aromatic rings. The fourth-order valence-corrected chi connectivity index (χ4v) is 4.26. The van der Waals surface area contributed by atoms with Crippen LogP contribution in [0.2, 0.25) is 0 Å². The minimum atomic E-state index is -4.41. The van der Waals surface area contributed by atoms with Crippen LogP contribution in [0.3, 0.4) is 0 Å². The van der Waals surface area contributed by atoms with Gasteiger partial charge < -0.3 is 15.2 Å². The van der Waals surface area contributed by atoms with E-state index in [1.807, 2.05) is 17.0 Å². The summed E-state index contributed by atoms with van der Waals surface area (Å²) in [7, 11) is 0. The molecule has 1 fully saturated rings. The van der Waals surface area contributed by atoms with Crippen molar-refractivity contribution >= 4 is 17.0 Å². The van der Waals surface area contributed by atoms with Crippen LogP contribution in [0.4, 0.5) is 19.0 Å². The molecule has 1 aliphatic rings. The average molecular weight is 499 g/mol. The van der Waals surface area contributed by atoms with Crippen molar-refractivity contribution in [2.45, 2.75) is 31.6 Å². The molecule has 188 valence electrons. The van der Waals surface area contributed by atoms with Crippen LogP contribution in [-0.2, 0) is 24.0 Å². The van der Waals surface area contributed by atoms with Gasteiger partial charge in [-0.05, 0) is 29.3 Å². The Morgan fingerprint density at radius 3 is 2.67 bits per heavy atom. The highest BCUT2D eigenvalue weighted by Gasteiger charge is 2.32. The highest BCUT2D eigenvalue weighted by molar-refractivity contribution is 5.82. The zero-order valence-electron chi connectivity index (χ0n) is 19.1. The average Bonchev–Trinajstić information content (AvgIpc) is 3.32. The van der Waals surface area contributed by atoms with Crippen LogP contribution in [-0.4, -0.2) is 60.3 Å². The van der Waals surface area contributed by atoms with Crippen LogP contribution < -0.4 is 5.32 Å². The van der Waals surface area contributed by atoms with Crippen molar-refractivity contribution < 1.29 is 23.0 Å². The smallest absolute Gasteiger partial charge is 0.394 e. The van der Waals surface area contributed by atoms with Gasteiger partial charge in [0, 0.05) is 38.6 Å². The summed E-state index contributed by atoms with van der Waals surface area (Å²) in [5, 5.41) is 13.1. The van der Waals surface area contributed by atoms with Gasteiger partial charge in [0.1, 0.15) is 12.6 Å². The van der Waals surface area contributed by atoms with Gasteiger partial charge in [-0.15, -0.1) is 0 Å². The first-order valence-electron chi connectivity index (χ1n) is 11.4. The molecule has 4 heterocycles. The van der Waals surface area contributed by atoms with Gasteiger partial charge in [0.15, 0.2) is 17.0 Å². The van der Waals surface area contributed by atoms with E-state index in [1.54, 1.807) is 29.4 Å². The fourth-order valence-electron chi connectivity index (χ4n) is 4.26. The zero-order chi connectivity index (χ0) is 25.1. The third-order valence-corrected chi connectivity index (χ3v) is 5.97. The number of nitrogens with one attached hydrogen (secondary N) is 1. The minimum absolute atomic E-state index is 0.226. The Morgan fingerprint density at radius 1 is 1.06 bits per heavy atom. The van der Waals surface area contributed by atoms with E-state index in [1.165, 1.54) is 12.4 Å². The maximum Gasteiger partial charge on any atom is 0.416 e. The van der Waals surface area contributed by atoms with E-state index in [2.05, 4.69) is 25.3 Å². The normalized spacial score (nSPS) is 19.0. The second kappa shape index (κ2) is 10.2. The van der Waals surface area contributed by atoms with Crippen LogP contribution in [0.25, 0.3) is 11.2 Å². The maximum atomic E-state index is 13.1. The molecular formula is C24H24F3N7O2. The van der Waals surface area contributed by atoms with Crippen molar-refractivity contribution in [2.24, 2.45) is 0 Å². The van der Waals surface area contributed by atoms with E-state index in [9.17, 15) is 18.3 Å². The summed E-state index contributed by atoms with van der Waals surface area (Å²) in [4.78, 5) is 19.1. The Morgan fingerprint density at radius 2 is 1.89 bits per heavy atom. The predicted molar refractivity (Wildman–Crippen MR) is 125 cm³/mol. The number of aromatic nitrogens is 5. The summed E-state index contributed by atoms with van der Waals surface area (Å²) in [6.07, 6.45) is 0.990. The topological polar surface area (TPSA) is 101 Å². The fraction of sp³-hybridized carbons (Fsp3) is 0.333. The van der Waals surface area contributed by atoms with E-state index in [4.69, 9.17) is 4.74 Å². The Kier molecular flexibility index (Phi) is 6.81. The van der Waals surface area contributed by atoms with Crippen molar-refractivity contribution in [1.29, 1.82) is 0 Å². The number of morpholine rings is 1. The second-order valence-corrected chi connectivity index (χ2v) is 8.54. The Balaban J connectivity index is 1.36. The molecule has 3 aromatic heterocycles. The van der Waals surface area contributed by atoms with Crippen molar-refractivity contribution in [3.63, 3.8) is 0 Å². The number of pyridine rings is 1. The second-order valence-electron chi connectivity index (χ2n) is 8.54. The number of alkyl halides is 3. The molecule has 9 nitrogen and oxygen atoms in total. The van der Waals surface area contributed by atoms with Crippen LogP contribution in [0.5, 0.6) is 0 Å². The van der Waals surface area contributed by atoms with Gasteiger partial charge >= 0.3 is 6.18 Å². The molecule has 12 heteroatoms. The third-order valence-electron chi connectivity index (χ3n) is 5.97. The monoisotopic (exact) mass is 499 g/mol. The number of fused-ring (bicyclic) bond motifs is 1. The third kappa shape index (κ3) is 5.30. The number of aliphatic hydroxyl groups is 1. The lowest BCUT2D eigenvalue weighted by Gasteiger charge is -2.38. The SMILES string of the molecule is OC[C@@H]1CN(Cc2cccc(C(F)(F)F)c2)C[C@H](n2cnc3c(NCc4ccncc4)ncnc32)O1. The maximum absolute atomic E-state index is 13.1. The molecule has 0 unspecified atom stereocenters. The number of nitrogens with zero attached hydrogens (tertiary/aromatic N) is 6. The number of hydrogen-bond donors (Lipinski definition) is 2. The van der Waals surface area contributed by atoms with Crippen LogP contribution in [0.1, 0.15) is 22.9 Å². The van der Waals surface area contributed by atoms with Crippen molar-refractivity contribution in [1.82, 2.24) is 29.4 Å². The van der Waals surface area contributed by atoms with Gasteiger partial charge in [0.25, 0.3) is 0 Å². The van der Waals surface area contributed by atoms with E-state index >= 15 is 0 Å². The van der Waals surface area contributed by atoms with Gasteiger partial charge in [-0.25, -0.2) is 15.0 Å². The molecule has 1 aliphatic heterocycles. The molecule has 2 N–H and O–H groups in total. The number of ether oxygens (including phenoxy) is 1. The number of imidazole rings is 1. The summed E-state index contributed by atoms with van der Waals surface area (Å²) in [6, 6.07) is 9.06. The number of hydrogen-bond acceptors (Lipinski definition) is 8. The molecule has 1 saturated heterocycles. The Hall–Kier alpha value is -3.61. The molecule has 2 atom stereocenters. The number of benzene rings is 1. The lowest BCUT2D eigenvalue weighted by atomic mass is 10.1. The summed E-state index contributed by atoms with van der Waals surface area (Å²) in [6.45, 7) is 1.33. The predicted octanol–water partition coefficient (Wildman–Crippen LogP) is 3.24. The minimum Gasteiger partial charge on any atom is -0.394 e. The standard InChI is InChI=1S/C24H24F3N7O2/c25-24(26,27)18-3-1-2-17(8-18)10-33-11-19(13-35)36-20(12-33)34-15-32-21-22(30-14-31-23(21)34)29-9-16-4-6-28-7-5-16/h1-8,14-15,19-20,35H,9-13H2,(H,29,30,31)/t19-,20+/m0/s1. The van der Waals surface area contributed by atoms with Crippen LogP contribution in [0, 0.1) is 0 Å². The number of halogens is 3. The van der Waals surface area contributed by atoms with Gasteiger partial charge in [0.2, 0.25) is 0 Å². The zero-order valence-corrected chi connectivity index (χ0v) is 19.1. The first kappa shape index (κ1) is 24.1. The van der Waals surface area contributed by atoms with Crippen LogP contribution in [0.15, 0.2) is 61.4 Å². The highest BCUT2D eigenvalue weighted by atomic mass is 19.4. The Labute approximate surface area is 204 Å². The van der Waals surface area contributed by atoms with Crippen molar-refractivity contribution in [3.05, 3.63) is 78.1 Å². The molecule has 0 radical (unpaired) electrons. The van der Waals surface area contributed by atoms with Crippen molar-refractivity contribution in [3.8, 4) is 0 Å². The molecule has 0 aliphatic carbocycles. The molecule has 0 spiro atoms. The Bertz CT molecular complexity index is 1320. The summed E-state index contributed by atoms with van der Waals surface area (Å²) < 4.78 is 47.3. The van der Waals surface area contributed by atoms with Gasteiger partial charge in [0.05, 0.1) is 24.6 Å². The van der Waals surface area contributed by atoms with E-state index in [0.717, 1.165) is 17.7 Å². The molecule has 1 aromatic carbocycles.